The van der Waals surface area contributed by atoms with E-state index in [-0.39, 0.29) is 38.2 Å². The average Bonchev–Trinajstić information content (AvgIpc) is 3.18. The molecule has 0 aliphatic carbocycles. The number of carboxylic acids is 1. The molecule has 0 radical (unpaired) electrons. The lowest BCUT2D eigenvalue weighted by Crippen LogP contribution is -2.40. The Bertz CT molecular complexity index is 923. The van der Waals surface area contributed by atoms with Gasteiger partial charge in [-0.3, -0.25) is 9.59 Å². The van der Waals surface area contributed by atoms with E-state index in [2.05, 4.69) is 13.8 Å². The Morgan fingerprint density at radius 2 is 0.776 bits per heavy atom. The lowest BCUT2D eigenvalue weighted by atomic mass is 10.0. The Morgan fingerprint density at radius 3 is 1.10 bits per heavy atom. The summed E-state index contributed by atoms with van der Waals surface area (Å²) in [4.78, 5) is 37.2. The van der Waals surface area contributed by atoms with Gasteiger partial charge in [0.1, 0.15) is 13.2 Å². The summed E-state index contributed by atoms with van der Waals surface area (Å²) in [5, 5.41) is 9.65. The number of unbranched alkanes of at least 4 members (excludes halogenated alkanes) is 31. The third-order valence-electron chi connectivity index (χ3n) is 11.1. The van der Waals surface area contributed by atoms with Crippen molar-refractivity contribution in [3.8, 4) is 0 Å². The maximum atomic E-state index is 12.8. The molecular formula is C49H96NO8+. The van der Waals surface area contributed by atoms with Crippen LogP contribution in [0.2, 0.25) is 0 Å². The molecule has 0 aliphatic rings. The zero-order valence-electron chi connectivity index (χ0n) is 39.0. The standard InChI is InChI=1S/C49H95NO8/c1-6-8-10-12-14-16-18-20-22-23-24-26-28-30-32-34-36-38-40-47(52)58-45(44-57-49(48(53)54)55-42-41-50(3,4)5)43-56-46(51)39-37-35-33-31-29-27-25-21-19-17-15-13-11-9-7-2/h45,49H,6-44H2,1-5H3/p+1. The van der Waals surface area contributed by atoms with Gasteiger partial charge in [-0.05, 0) is 12.8 Å². The van der Waals surface area contributed by atoms with Gasteiger partial charge in [-0.15, -0.1) is 0 Å². The highest BCUT2D eigenvalue weighted by Crippen LogP contribution is 2.17. The third kappa shape index (κ3) is 42.4. The second kappa shape index (κ2) is 42.0. The molecule has 1 N–H and O–H groups in total. The molecule has 9 nitrogen and oxygen atoms in total. The van der Waals surface area contributed by atoms with Crippen LogP contribution in [0, 0.1) is 0 Å². The second-order valence-corrected chi connectivity index (χ2v) is 18.1. The van der Waals surface area contributed by atoms with Crippen LogP contribution in [0.15, 0.2) is 0 Å². The van der Waals surface area contributed by atoms with E-state index in [4.69, 9.17) is 18.9 Å². The zero-order valence-corrected chi connectivity index (χ0v) is 39.0. The first-order valence-corrected chi connectivity index (χ1v) is 24.7. The number of likely N-dealkylation sites (N-methyl/N-ethyl adjacent to an activating group) is 1. The van der Waals surface area contributed by atoms with Crippen LogP contribution in [-0.4, -0.2) is 87.4 Å². The Hall–Kier alpha value is -1.71. The van der Waals surface area contributed by atoms with Crippen LogP contribution in [0.3, 0.4) is 0 Å². The summed E-state index contributed by atoms with van der Waals surface area (Å²) in [6, 6.07) is 0. The Labute approximate surface area is 358 Å². The first kappa shape index (κ1) is 56.3. The Kier molecular flexibility index (Phi) is 40.8. The highest BCUT2D eigenvalue weighted by Gasteiger charge is 2.25. The van der Waals surface area contributed by atoms with Crippen LogP contribution in [0.4, 0.5) is 0 Å². The number of carboxylic acid groups (broad SMARTS) is 1. The molecule has 0 aromatic carbocycles. The van der Waals surface area contributed by atoms with E-state index in [1.54, 1.807) is 0 Å². The molecule has 9 heteroatoms. The zero-order chi connectivity index (χ0) is 42.8. The number of hydrogen-bond acceptors (Lipinski definition) is 7. The summed E-state index contributed by atoms with van der Waals surface area (Å²) >= 11 is 0. The molecule has 0 saturated heterocycles. The van der Waals surface area contributed by atoms with E-state index >= 15 is 0 Å². The number of nitrogens with zero attached hydrogens (tertiary/aromatic N) is 1. The lowest BCUT2D eigenvalue weighted by molar-refractivity contribution is -0.870. The minimum Gasteiger partial charge on any atom is -0.477 e. The largest absolute Gasteiger partial charge is 0.477 e. The monoisotopic (exact) mass is 827 g/mol. The van der Waals surface area contributed by atoms with Gasteiger partial charge in [-0.2, -0.15) is 0 Å². The molecule has 0 heterocycles. The van der Waals surface area contributed by atoms with Gasteiger partial charge in [0.15, 0.2) is 6.10 Å². The molecule has 2 atom stereocenters. The summed E-state index contributed by atoms with van der Waals surface area (Å²) in [7, 11) is 5.97. The summed E-state index contributed by atoms with van der Waals surface area (Å²) in [6.45, 7) is 4.92. The molecule has 0 bridgehead atoms. The van der Waals surface area contributed by atoms with Crippen molar-refractivity contribution in [3.05, 3.63) is 0 Å². The molecule has 0 fully saturated rings. The minimum absolute atomic E-state index is 0.173. The lowest BCUT2D eigenvalue weighted by Gasteiger charge is -2.25. The van der Waals surface area contributed by atoms with E-state index in [9.17, 15) is 19.5 Å². The van der Waals surface area contributed by atoms with E-state index in [1.165, 1.54) is 173 Å². The molecule has 0 aromatic heterocycles. The second-order valence-electron chi connectivity index (χ2n) is 18.1. The first-order valence-electron chi connectivity index (χ1n) is 24.7. The van der Waals surface area contributed by atoms with Crippen LogP contribution in [0.5, 0.6) is 0 Å². The molecule has 0 spiro atoms. The van der Waals surface area contributed by atoms with Gasteiger partial charge < -0.3 is 28.5 Å². The number of quaternary nitrogens is 1. The maximum absolute atomic E-state index is 12.8. The smallest absolute Gasteiger partial charge is 0.361 e. The highest BCUT2D eigenvalue weighted by molar-refractivity contribution is 5.71. The SMILES string of the molecule is CCCCCCCCCCCCCCCCCCCCC(=O)OC(COC(=O)CCCCCCCCCCCCCCCCC)COC(OCC[N+](C)(C)C)C(=O)O. The van der Waals surface area contributed by atoms with Gasteiger partial charge in [0, 0.05) is 12.8 Å². The molecule has 0 aromatic rings. The van der Waals surface area contributed by atoms with Gasteiger partial charge >= 0.3 is 17.9 Å². The van der Waals surface area contributed by atoms with E-state index in [1.807, 2.05) is 21.1 Å². The molecule has 0 amide bonds. The van der Waals surface area contributed by atoms with Crippen molar-refractivity contribution in [2.45, 2.75) is 251 Å². The van der Waals surface area contributed by atoms with Gasteiger partial charge in [0.05, 0.1) is 34.4 Å². The molecule has 0 rings (SSSR count). The number of ether oxygens (including phenoxy) is 4. The fraction of sp³-hybridized carbons (Fsp3) is 0.939. The Balaban J connectivity index is 4.32. The van der Waals surface area contributed by atoms with E-state index in [0.717, 1.165) is 38.5 Å². The van der Waals surface area contributed by atoms with Gasteiger partial charge in [0.25, 0.3) is 6.29 Å². The number of esters is 2. The van der Waals surface area contributed by atoms with Crippen molar-refractivity contribution in [3.63, 3.8) is 0 Å². The van der Waals surface area contributed by atoms with Crippen LogP contribution in [0.25, 0.3) is 0 Å². The Morgan fingerprint density at radius 1 is 0.448 bits per heavy atom. The number of rotatable bonds is 46. The van der Waals surface area contributed by atoms with Gasteiger partial charge in [0.2, 0.25) is 0 Å². The fourth-order valence-electron chi connectivity index (χ4n) is 7.25. The van der Waals surface area contributed by atoms with Crippen LogP contribution in [-0.2, 0) is 33.3 Å². The predicted octanol–water partition coefficient (Wildman–Crippen LogP) is 13.3. The maximum Gasteiger partial charge on any atom is 0.361 e. The van der Waals surface area contributed by atoms with E-state index in [0.29, 0.717) is 17.4 Å². The molecule has 2 unspecified atom stereocenters. The fourth-order valence-corrected chi connectivity index (χ4v) is 7.25. The molecule has 344 valence electrons. The van der Waals surface area contributed by atoms with Crippen molar-refractivity contribution in [1.82, 2.24) is 0 Å². The summed E-state index contributed by atoms with van der Waals surface area (Å²) in [6.07, 6.45) is 40.1. The van der Waals surface area contributed by atoms with Crippen molar-refractivity contribution in [2.24, 2.45) is 0 Å². The molecule has 58 heavy (non-hydrogen) atoms. The third-order valence-corrected chi connectivity index (χ3v) is 11.1. The normalized spacial score (nSPS) is 12.8. The van der Waals surface area contributed by atoms with Gasteiger partial charge in [-0.1, -0.05) is 213 Å². The topological polar surface area (TPSA) is 108 Å². The number of carbonyl (C=O) groups excluding carboxylic acids is 2. The van der Waals surface area contributed by atoms with Crippen molar-refractivity contribution in [2.75, 3.05) is 47.5 Å². The van der Waals surface area contributed by atoms with Crippen LogP contribution in [0.1, 0.15) is 239 Å². The van der Waals surface area contributed by atoms with E-state index < -0.39 is 18.4 Å². The molecule has 0 saturated carbocycles. The quantitative estimate of drug-likeness (QED) is 0.0280. The number of carbonyl (C=O) groups is 3. The highest BCUT2D eigenvalue weighted by atomic mass is 16.7. The van der Waals surface area contributed by atoms with Crippen molar-refractivity contribution >= 4 is 17.9 Å². The number of hydrogen-bond donors (Lipinski definition) is 1. The minimum atomic E-state index is -1.50. The average molecular weight is 827 g/mol. The van der Waals surface area contributed by atoms with Crippen molar-refractivity contribution < 1.29 is 42.9 Å². The number of aliphatic carboxylic acids is 1. The molecule has 0 aliphatic heterocycles. The predicted molar refractivity (Wildman–Crippen MR) is 240 cm³/mol. The van der Waals surface area contributed by atoms with Crippen LogP contribution >= 0.6 is 0 Å². The van der Waals surface area contributed by atoms with Crippen LogP contribution < -0.4 is 0 Å². The summed E-state index contributed by atoms with van der Waals surface area (Å²) in [5.41, 5.74) is 0. The van der Waals surface area contributed by atoms with Crippen molar-refractivity contribution in [1.29, 1.82) is 0 Å². The first-order chi connectivity index (χ1) is 28.1. The molecular weight excluding hydrogens is 731 g/mol. The summed E-state index contributed by atoms with van der Waals surface area (Å²) < 4.78 is 22.8. The van der Waals surface area contributed by atoms with Gasteiger partial charge in [-0.25, -0.2) is 4.79 Å². The summed E-state index contributed by atoms with van der Waals surface area (Å²) in [5.74, 6) is -1.98.